The molecule has 3 aromatic rings. The highest BCUT2D eigenvalue weighted by molar-refractivity contribution is 6.02. The van der Waals surface area contributed by atoms with Gasteiger partial charge in [-0.1, -0.05) is 17.3 Å². The van der Waals surface area contributed by atoms with E-state index >= 15 is 0 Å². The van der Waals surface area contributed by atoms with E-state index in [4.69, 9.17) is 4.52 Å². The molecule has 1 fully saturated rings. The van der Waals surface area contributed by atoms with Crippen molar-refractivity contribution in [3.05, 3.63) is 59.7 Å². The maximum absolute atomic E-state index is 12.2. The number of rotatable bonds is 4. The average Bonchev–Trinajstić information content (AvgIpc) is 3.13. The molecule has 1 aliphatic rings. The fourth-order valence-electron chi connectivity index (χ4n) is 3.23. The monoisotopic (exact) mass is 378 g/mol. The third-order valence-corrected chi connectivity index (χ3v) is 4.71. The molecule has 1 N–H and O–H groups in total. The van der Waals surface area contributed by atoms with Crippen LogP contribution < -0.4 is 15.1 Å². The van der Waals surface area contributed by atoms with Gasteiger partial charge in [0.15, 0.2) is 5.82 Å². The van der Waals surface area contributed by atoms with Gasteiger partial charge in [-0.2, -0.15) is 0 Å². The lowest BCUT2D eigenvalue weighted by atomic mass is 10.2. The second-order valence-electron chi connectivity index (χ2n) is 6.85. The smallest absolute Gasteiger partial charge is 0.277 e. The van der Waals surface area contributed by atoms with Gasteiger partial charge >= 0.3 is 0 Å². The van der Waals surface area contributed by atoms with E-state index in [0.29, 0.717) is 11.6 Å². The molecular formula is C20H22N6O2. The Morgan fingerprint density at radius 1 is 1.04 bits per heavy atom. The van der Waals surface area contributed by atoms with Crippen LogP contribution in [0.1, 0.15) is 21.8 Å². The lowest BCUT2D eigenvalue weighted by molar-refractivity contribution is 0.102. The first-order valence-corrected chi connectivity index (χ1v) is 9.22. The standard InChI is InChI=1S/C20H22N6O2/c1-14-4-3-5-16(10-14)25-6-8-26(9-7-25)19-13-21-17(12-22-19)20(27)23-18-11-15(2)28-24-18/h3-5,10-13H,6-9H2,1-2H3,(H,23,24,27). The van der Waals surface area contributed by atoms with Crippen molar-refractivity contribution in [3.8, 4) is 0 Å². The molecule has 1 saturated heterocycles. The highest BCUT2D eigenvalue weighted by Crippen LogP contribution is 2.20. The van der Waals surface area contributed by atoms with Gasteiger partial charge in [0.05, 0.1) is 12.4 Å². The lowest BCUT2D eigenvalue weighted by Crippen LogP contribution is -2.46. The van der Waals surface area contributed by atoms with E-state index < -0.39 is 0 Å². The van der Waals surface area contributed by atoms with Crippen LogP contribution in [0.25, 0.3) is 0 Å². The molecule has 1 aromatic carbocycles. The molecule has 0 aliphatic carbocycles. The van der Waals surface area contributed by atoms with Crippen LogP contribution in [0.15, 0.2) is 47.2 Å². The molecule has 0 radical (unpaired) electrons. The van der Waals surface area contributed by atoms with Gasteiger partial charge in [0.2, 0.25) is 0 Å². The quantitative estimate of drug-likeness (QED) is 0.747. The molecular weight excluding hydrogens is 356 g/mol. The van der Waals surface area contributed by atoms with Gasteiger partial charge in [0.1, 0.15) is 17.3 Å². The van der Waals surface area contributed by atoms with Crippen molar-refractivity contribution in [3.63, 3.8) is 0 Å². The van der Waals surface area contributed by atoms with Crippen LogP contribution in [0, 0.1) is 13.8 Å². The highest BCUT2D eigenvalue weighted by Gasteiger charge is 2.19. The minimum atomic E-state index is -0.364. The summed E-state index contributed by atoms with van der Waals surface area (Å²) >= 11 is 0. The van der Waals surface area contributed by atoms with Crippen molar-refractivity contribution < 1.29 is 9.32 Å². The molecule has 28 heavy (non-hydrogen) atoms. The van der Waals surface area contributed by atoms with E-state index in [1.54, 1.807) is 19.2 Å². The molecule has 2 aromatic heterocycles. The molecule has 0 spiro atoms. The molecule has 144 valence electrons. The maximum Gasteiger partial charge on any atom is 0.277 e. The molecule has 0 bridgehead atoms. The van der Waals surface area contributed by atoms with E-state index in [-0.39, 0.29) is 11.6 Å². The van der Waals surface area contributed by atoms with E-state index in [2.05, 4.69) is 61.4 Å². The van der Waals surface area contributed by atoms with Crippen molar-refractivity contribution in [1.82, 2.24) is 15.1 Å². The predicted octanol–water partition coefficient (Wildman–Crippen LogP) is 2.66. The Kier molecular flexibility index (Phi) is 4.92. The summed E-state index contributed by atoms with van der Waals surface area (Å²) < 4.78 is 4.94. The van der Waals surface area contributed by atoms with Gasteiger partial charge in [-0.3, -0.25) is 4.79 Å². The number of piperazine rings is 1. The Hall–Kier alpha value is -3.42. The number of nitrogens with zero attached hydrogens (tertiary/aromatic N) is 5. The first-order valence-electron chi connectivity index (χ1n) is 9.22. The molecule has 8 heteroatoms. The summed E-state index contributed by atoms with van der Waals surface area (Å²) in [5.41, 5.74) is 2.75. The number of nitrogens with one attached hydrogen (secondary N) is 1. The Morgan fingerprint density at radius 2 is 1.82 bits per heavy atom. The molecule has 1 aliphatic heterocycles. The average molecular weight is 378 g/mol. The summed E-state index contributed by atoms with van der Waals surface area (Å²) in [4.78, 5) is 25.5. The van der Waals surface area contributed by atoms with Crippen molar-refractivity contribution in [2.24, 2.45) is 0 Å². The summed E-state index contributed by atoms with van der Waals surface area (Å²) in [5.74, 6) is 1.40. The number of aryl methyl sites for hydroxylation is 2. The van der Waals surface area contributed by atoms with E-state index in [9.17, 15) is 4.79 Å². The fourth-order valence-corrected chi connectivity index (χ4v) is 3.23. The van der Waals surface area contributed by atoms with E-state index in [1.807, 2.05) is 0 Å². The molecule has 8 nitrogen and oxygen atoms in total. The summed E-state index contributed by atoms with van der Waals surface area (Å²) in [6, 6.07) is 10.2. The van der Waals surface area contributed by atoms with Crippen LogP contribution in [-0.4, -0.2) is 47.2 Å². The van der Waals surface area contributed by atoms with Crippen molar-refractivity contribution in [2.75, 3.05) is 41.3 Å². The van der Waals surface area contributed by atoms with Crippen LogP contribution in [0.5, 0.6) is 0 Å². The lowest BCUT2D eigenvalue weighted by Gasteiger charge is -2.36. The third kappa shape index (κ3) is 3.95. The van der Waals surface area contributed by atoms with E-state index in [0.717, 1.165) is 32.0 Å². The Labute approximate surface area is 163 Å². The zero-order chi connectivity index (χ0) is 19.5. The Balaban J connectivity index is 1.36. The molecule has 0 unspecified atom stereocenters. The number of anilines is 3. The fraction of sp³-hybridized carbons (Fsp3) is 0.300. The van der Waals surface area contributed by atoms with Gasteiger partial charge in [-0.05, 0) is 31.5 Å². The summed E-state index contributed by atoms with van der Waals surface area (Å²) in [6.07, 6.45) is 3.13. The van der Waals surface area contributed by atoms with Gasteiger partial charge in [0.25, 0.3) is 5.91 Å². The molecule has 0 saturated carbocycles. The number of carbonyl (C=O) groups excluding carboxylic acids is 1. The molecule has 3 heterocycles. The highest BCUT2D eigenvalue weighted by atomic mass is 16.5. The zero-order valence-corrected chi connectivity index (χ0v) is 15.9. The van der Waals surface area contributed by atoms with Gasteiger partial charge in [-0.25, -0.2) is 9.97 Å². The van der Waals surface area contributed by atoms with Crippen LogP contribution in [0.4, 0.5) is 17.3 Å². The molecule has 0 atom stereocenters. The summed E-state index contributed by atoms with van der Waals surface area (Å²) in [6.45, 7) is 7.41. The number of aromatic nitrogens is 3. The zero-order valence-electron chi connectivity index (χ0n) is 15.9. The minimum Gasteiger partial charge on any atom is -0.368 e. The molecule has 1 amide bonds. The van der Waals surface area contributed by atoms with Crippen molar-refractivity contribution >= 4 is 23.2 Å². The molecule has 4 rings (SSSR count). The minimum absolute atomic E-state index is 0.239. The van der Waals surface area contributed by atoms with Crippen molar-refractivity contribution in [1.29, 1.82) is 0 Å². The number of hydrogen-bond donors (Lipinski definition) is 1. The first kappa shape index (κ1) is 18.0. The number of benzene rings is 1. The predicted molar refractivity (Wildman–Crippen MR) is 107 cm³/mol. The second kappa shape index (κ2) is 7.67. The SMILES string of the molecule is Cc1cccc(N2CCN(c3cnc(C(=O)Nc4cc(C)on4)cn3)CC2)c1. The largest absolute Gasteiger partial charge is 0.368 e. The number of hydrogen-bond acceptors (Lipinski definition) is 7. The van der Waals surface area contributed by atoms with Gasteiger partial charge < -0.3 is 19.6 Å². The number of carbonyl (C=O) groups is 1. The second-order valence-corrected chi connectivity index (χ2v) is 6.85. The normalized spacial score (nSPS) is 14.2. The Morgan fingerprint density at radius 3 is 2.46 bits per heavy atom. The van der Waals surface area contributed by atoms with Gasteiger partial charge in [0, 0.05) is 37.9 Å². The van der Waals surface area contributed by atoms with Crippen LogP contribution in [0.2, 0.25) is 0 Å². The third-order valence-electron chi connectivity index (χ3n) is 4.71. The van der Waals surface area contributed by atoms with E-state index in [1.165, 1.54) is 17.4 Å². The van der Waals surface area contributed by atoms with Crippen LogP contribution in [-0.2, 0) is 0 Å². The van der Waals surface area contributed by atoms with Crippen molar-refractivity contribution in [2.45, 2.75) is 13.8 Å². The van der Waals surface area contributed by atoms with Gasteiger partial charge in [-0.15, -0.1) is 0 Å². The number of amides is 1. The Bertz CT molecular complexity index is 961. The summed E-state index contributed by atoms with van der Waals surface area (Å²) in [7, 11) is 0. The van der Waals surface area contributed by atoms with Crippen LogP contribution >= 0.6 is 0 Å². The summed E-state index contributed by atoms with van der Waals surface area (Å²) in [5, 5.41) is 6.38. The topological polar surface area (TPSA) is 87.4 Å². The maximum atomic E-state index is 12.2. The van der Waals surface area contributed by atoms with Crippen LogP contribution in [0.3, 0.4) is 0 Å². The first-order chi connectivity index (χ1) is 13.6.